The van der Waals surface area contributed by atoms with Gasteiger partial charge in [-0.15, -0.1) is 0 Å². The number of primary amides is 4. The number of benzene rings is 8. The molecule has 2 unspecified atom stereocenters. The number of hydrogen-bond acceptors (Lipinski definition) is 16. The van der Waals surface area contributed by atoms with Gasteiger partial charge in [-0.25, -0.2) is 4.98 Å². The fourth-order valence-electron chi connectivity index (χ4n) is 15.8. The van der Waals surface area contributed by atoms with E-state index in [2.05, 4.69) is 51.9 Å². The molecule has 16 rings (SSSR count). The van der Waals surface area contributed by atoms with Crippen molar-refractivity contribution in [3.8, 4) is 103 Å². The van der Waals surface area contributed by atoms with E-state index in [0.717, 1.165) is 110 Å². The van der Waals surface area contributed by atoms with Gasteiger partial charge in [-0.3, -0.25) is 52.4 Å². The molecule has 0 spiro atoms. The Morgan fingerprint density at radius 2 is 0.688 bits per heavy atom. The van der Waals surface area contributed by atoms with Crippen molar-refractivity contribution in [1.82, 2.24) is 58.9 Å². The lowest BCUT2D eigenvalue weighted by Crippen LogP contribution is -2.40. The highest BCUT2D eigenvalue weighted by Gasteiger charge is 2.31. The third-order valence-electron chi connectivity index (χ3n) is 22.3. The monoisotopic (exact) mass is 1720 g/mol. The number of hydrogen-bond donors (Lipinski definition) is 5. The van der Waals surface area contributed by atoms with Crippen molar-refractivity contribution in [3.63, 3.8) is 0 Å². The van der Waals surface area contributed by atoms with Crippen LogP contribution in [0.1, 0.15) is 112 Å². The number of aromatic amines is 1. The van der Waals surface area contributed by atoms with Gasteiger partial charge in [-0.2, -0.15) is 15.3 Å². The van der Waals surface area contributed by atoms with E-state index in [4.69, 9.17) is 46.9 Å². The summed E-state index contributed by atoms with van der Waals surface area (Å²) in [6.45, 7) is 19.6. The first-order valence-corrected chi connectivity index (χ1v) is 42.5. The second kappa shape index (κ2) is 43.6. The average molecular weight is 1720 g/mol. The molecular formula is C100H102N16O12. The molecule has 28 nitrogen and oxygen atoms in total. The average Bonchev–Trinajstić information content (AvgIpc) is 1.75. The first-order chi connectivity index (χ1) is 62.1. The number of ether oxygens (including phenoxy) is 4. The SMILES string of the molecule is C=CC(=O)N1CCC(Cn2cc(C(N)=O)c(-c3ccc(Oc4ccccc4)cc3)n2)CC1.C=CC(=O)N1CCCC(Cn2cc(C(N)=O)c(-c3ccc(Oc4ccccc4)cc3)n2)C1.C=CC(=O)N1CCC[C@@H](c2nc(-c3ccc(Oc4ccccc4)cc3)c(C(N)=O)[nH]2)C1.CC#CC(=O)N1CCCC(Cn2cc(C(N)=O)c(-c3ccc(Oc4ccccc4)cc3)n2)C1. The van der Waals surface area contributed by atoms with Gasteiger partial charge in [0.25, 0.3) is 29.5 Å². The second-order valence-electron chi connectivity index (χ2n) is 31.3. The first-order valence-electron chi connectivity index (χ1n) is 42.5. The third-order valence-corrected chi connectivity index (χ3v) is 22.3. The van der Waals surface area contributed by atoms with Gasteiger partial charge in [0.2, 0.25) is 17.7 Å². The summed E-state index contributed by atoms with van der Waals surface area (Å²) in [6.07, 6.45) is 16.5. The summed E-state index contributed by atoms with van der Waals surface area (Å²) in [5.74, 6) is 10.1. The smallest absolute Gasteiger partial charge is 0.298 e. The minimum atomic E-state index is -0.576. The molecule has 4 aromatic heterocycles. The number of rotatable bonds is 26. The Hall–Kier alpha value is -15.7. The van der Waals surface area contributed by atoms with Crippen LogP contribution in [0, 0.1) is 29.6 Å². The van der Waals surface area contributed by atoms with Crippen LogP contribution in [0.5, 0.6) is 46.0 Å². The summed E-state index contributed by atoms with van der Waals surface area (Å²) in [7, 11) is 0. The van der Waals surface area contributed by atoms with E-state index in [9.17, 15) is 38.4 Å². The van der Waals surface area contributed by atoms with Crippen LogP contribution in [0.15, 0.2) is 275 Å². The predicted octanol–water partition coefficient (Wildman–Crippen LogP) is 15.3. The quantitative estimate of drug-likeness (QED) is 0.0248. The van der Waals surface area contributed by atoms with Gasteiger partial charge in [-0.05, 0) is 246 Å². The fraction of sp³-hybridized carbons (Fsp3) is 0.240. The van der Waals surface area contributed by atoms with E-state index in [-0.39, 0.29) is 47.1 Å². The number of imidazole rings is 1. The normalized spacial score (nSPS) is 15.4. The van der Waals surface area contributed by atoms with Crippen LogP contribution in [0.4, 0.5) is 0 Å². The lowest BCUT2D eigenvalue weighted by molar-refractivity contribution is -0.128. The Kier molecular flexibility index (Phi) is 30.7. The minimum Gasteiger partial charge on any atom is -0.457 e. The van der Waals surface area contributed by atoms with E-state index in [0.29, 0.717) is 133 Å². The van der Waals surface area contributed by atoms with Crippen molar-refractivity contribution >= 4 is 47.3 Å². The molecule has 0 bridgehead atoms. The van der Waals surface area contributed by atoms with Crippen molar-refractivity contribution in [1.29, 1.82) is 0 Å². The molecule has 4 aliphatic heterocycles. The second-order valence-corrected chi connectivity index (χ2v) is 31.3. The highest BCUT2D eigenvalue weighted by molar-refractivity contribution is 6.01. The summed E-state index contributed by atoms with van der Waals surface area (Å²) < 4.78 is 28.6. The zero-order valence-corrected chi connectivity index (χ0v) is 71.2. The lowest BCUT2D eigenvalue weighted by Gasteiger charge is -2.32. The van der Waals surface area contributed by atoms with Crippen molar-refractivity contribution < 1.29 is 57.3 Å². The first kappa shape index (κ1) is 90.1. The summed E-state index contributed by atoms with van der Waals surface area (Å²) >= 11 is 0. The van der Waals surface area contributed by atoms with Crippen LogP contribution >= 0.6 is 0 Å². The number of likely N-dealkylation sites (tertiary alicyclic amines) is 4. The molecule has 0 saturated carbocycles. The number of para-hydroxylation sites is 4. The maximum atomic E-state index is 12.1. The minimum absolute atomic E-state index is 0.00480. The van der Waals surface area contributed by atoms with E-state index >= 15 is 0 Å². The summed E-state index contributed by atoms with van der Waals surface area (Å²) in [5.41, 5.74) is 29.1. The summed E-state index contributed by atoms with van der Waals surface area (Å²) in [6, 6.07) is 67.7. The molecule has 4 fully saturated rings. The van der Waals surface area contributed by atoms with E-state index in [1.165, 1.54) is 18.2 Å². The molecule has 3 atom stereocenters. The summed E-state index contributed by atoms with van der Waals surface area (Å²) in [4.78, 5) is 111. The molecular weight excluding hydrogens is 1620 g/mol. The zero-order chi connectivity index (χ0) is 90.0. The standard InChI is InChI=1S/C26H26N4O3.2C25H26N4O3.C24H24N4O3/c1-2-7-24(31)29-15-6-8-19(16-29)17-30-18-23(26(27)32)25(28-30)20-11-13-22(14-12-20)33-21-9-4-3-5-10-21;1-2-23(30)28-14-6-7-18(15-28)16-29-17-22(25(26)31)24(27-29)19-10-12-21(13-11-19)32-20-8-4-3-5-9-20;1-2-23(30)28-14-12-18(13-15-28)16-29-17-22(25(26)31)24(27-29)19-8-10-21(11-9-19)32-20-6-4-3-5-7-20;1-2-20(29)28-14-6-7-17(15-28)24-26-21(22(27-24)23(25)30)16-10-12-19(13-11-16)31-18-8-4-3-5-9-18/h3-5,9-14,18-19H,6,8,15-17H2,1H3,(H2,27,32);2-5,8-13,17-18H,1,6-7,14-16H2,(H2,26,31);2-11,17-18H,1,12-16H2,(H2,26,31);2-5,8-13,17H,1,6-7,14-15H2,(H2,25,30)(H,26,27)/t;;;17-/m...1/s1. The van der Waals surface area contributed by atoms with Gasteiger partial charge in [-0.1, -0.05) is 98.5 Å². The Balaban J connectivity index is 0.000000146. The molecule has 9 N–H and O–H groups in total. The zero-order valence-electron chi connectivity index (χ0n) is 71.2. The largest absolute Gasteiger partial charge is 0.457 e. The highest BCUT2D eigenvalue weighted by Crippen LogP contribution is 2.36. The number of amides is 8. The topological polar surface area (TPSA) is 373 Å². The maximum Gasteiger partial charge on any atom is 0.298 e. The van der Waals surface area contributed by atoms with Gasteiger partial charge < -0.3 is 66.5 Å². The number of carbonyl (C=O) groups excluding carboxylic acids is 8. The number of carbonyl (C=O) groups is 8. The maximum absolute atomic E-state index is 12.1. The number of nitrogens with two attached hydrogens (primary N) is 4. The van der Waals surface area contributed by atoms with Crippen molar-refractivity contribution in [2.75, 3.05) is 52.4 Å². The van der Waals surface area contributed by atoms with Crippen molar-refractivity contribution in [3.05, 3.63) is 303 Å². The van der Waals surface area contributed by atoms with Crippen molar-refractivity contribution in [2.45, 2.75) is 83.8 Å². The fourth-order valence-corrected chi connectivity index (χ4v) is 15.8. The molecule has 8 aromatic carbocycles. The summed E-state index contributed by atoms with van der Waals surface area (Å²) in [5, 5.41) is 14.0. The van der Waals surface area contributed by atoms with Gasteiger partial charge >= 0.3 is 0 Å². The number of nitrogens with one attached hydrogen (secondary N) is 1. The van der Waals surface area contributed by atoms with Gasteiger partial charge in [0, 0.05) is 119 Å². The van der Waals surface area contributed by atoms with E-state index in [1.807, 2.05) is 228 Å². The Morgan fingerprint density at radius 3 is 1.03 bits per heavy atom. The predicted molar refractivity (Wildman–Crippen MR) is 488 cm³/mol. The van der Waals surface area contributed by atoms with E-state index in [1.54, 1.807) is 49.4 Å². The number of H-pyrrole nitrogens is 1. The highest BCUT2D eigenvalue weighted by atomic mass is 16.5. The molecule has 128 heavy (non-hydrogen) atoms. The third kappa shape index (κ3) is 24.2. The van der Waals surface area contributed by atoms with Crippen LogP contribution in [0.2, 0.25) is 0 Å². The molecule has 28 heteroatoms. The number of piperidine rings is 4. The van der Waals surface area contributed by atoms with Crippen LogP contribution in [-0.4, -0.2) is 159 Å². The van der Waals surface area contributed by atoms with Crippen LogP contribution in [0.3, 0.4) is 0 Å². The molecule has 654 valence electrons. The lowest BCUT2D eigenvalue weighted by atomic mass is 9.97. The molecule has 0 radical (unpaired) electrons. The molecule has 4 saturated heterocycles. The van der Waals surface area contributed by atoms with Crippen molar-refractivity contribution in [2.24, 2.45) is 40.7 Å². The Labute approximate surface area is 742 Å². The van der Waals surface area contributed by atoms with Gasteiger partial charge in [0.1, 0.15) is 80.3 Å². The Morgan fingerprint density at radius 1 is 0.375 bits per heavy atom. The van der Waals surface area contributed by atoms with Gasteiger partial charge in [0.15, 0.2) is 0 Å². The molecule has 8 heterocycles. The Bertz CT molecular complexity index is 5940. The molecule has 8 amide bonds. The molecule has 12 aromatic rings. The number of nitrogens with zero attached hydrogens (tertiary/aromatic N) is 11. The van der Waals surface area contributed by atoms with Crippen LogP contribution in [0.25, 0.3) is 45.0 Å². The van der Waals surface area contributed by atoms with E-state index < -0.39 is 23.6 Å². The number of aromatic nitrogens is 8. The van der Waals surface area contributed by atoms with Crippen LogP contribution in [-0.2, 0) is 38.8 Å². The molecule has 4 aliphatic rings. The molecule has 0 aliphatic carbocycles. The van der Waals surface area contributed by atoms with Crippen LogP contribution < -0.4 is 41.9 Å². The van der Waals surface area contributed by atoms with Gasteiger partial charge in [0.05, 0.1) is 16.7 Å².